The van der Waals surface area contributed by atoms with Crippen LogP contribution in [0.15, 0.2) is 36.5 Å². The van der Waals surface area contributed by atoms with Gasteiger partial charge < -0.3 is 0 Å². The van der Waals surface area contributed by atoms with Gasteiger partial charge in [-0.05, 0) is 12.3 Å². The number of rotatable bonds is 1. The van der Waals surface area contributed by atoms with Crippen LogP contribution >= 0.6 is 0 Å². The minimum Gasteiger partial charge on any atom is -0.0995 e. The zero-order valence-electron chi connectivity index (χ0n) is 7.59. The second-order valence-corrected chi connectivity index (χ2v) is 3.89. The van der Waals surface area contributed by atoms with E-state index in [-0.39, 0.29) is 5.41 Å². The standard InChI is InChI=1S/C11H16/c1-9(2)10-7-5-6-8-11(10,3)4/h5-8,10H,1H2,2-4H3. The van der Waals surface area contributed by atoms with Gasteiger partial charge in [-0.2, -0.15) is 0 Å². The van der Waals surface area contributed by atoms with Gasteiger partial charge in [0.25, 0.3) is 0 Å². The van der Waals surface area contributed by atoms with Crippen LogP contribution in [0.5, 0.6) is 0 Å². The quantitative estimate of drug-likeness (QED) is 0.500. The molecule has 1 unspecified atom stereocenters. The molecule has 0 fully saturated rings. The van der Waals surface area contributed by atoms with E-state index in [0.717, 1.165) is 0 Å². The Balaban J connectivity index is 2.89. The summed E-state index contributed by atoms with van der Waals surface area (Å²) in [6.45, 7) is 10.6. The van der Waals surface area contributed by atoms with Gasteiger partial charge in [0, 0.05) is 5.92 Å². The third-order valence-corrected chi connectivity index (χ3v) is 2.27. The molecule has 0 heteroatoms. The molecule has 0 nitrogen and oxygen atoms in total. The molecular weight excluding hydrogens is 132 g/mol. The van der Waals surface area contributed by atoms with Gasteiger partial charge in [0.1, 0.15) is 0 Å². The summed E-state index contributed by atoms with van der Waals surface area (Å²) in [7, 11) is 0. The lowest BCUT2D eigenvalue weighted by Gasteiger charge is -2.31. The van der Waals surface area contributed by atoms with Crippen LogP contribution in [0.3, 0.4) is 0 Å². The molecule has 1 aliphatic rings. The molecule has 0 saturated carbocycles. The van der Waals surface area contributed by atoms with E-state index < -0.39 is 0 Å². The fraction of sp³-hybridized carbons (Fsp3) is 0.455. The van der Waals surface area contributed by atoms with Gasteiger partial charge in [0.2, 0.25) is 0 Å². The van der Waals surface area contributed by atoms with Crippen molar-refractivity contribution in [2.75, 3.05) is 0 Å². The Morgan fingerprint density at radius 1 is 1.36 bits per heavy atom. The highest BCUT2D eigenvalue weighted by atomic mass is 14.3. The molecule has 0 bridgehead atoms. The molecule has 0 aromatic carbocycles. The first-order valence-corrected chi connectivity index (χ1v) is 4.05. The van der Waals surface area contributed by atoms with Crippen molar-refractivity contribution in [1.82, 2.24) is 0 Å². The second kappa shape index (κ2) is 2.69. The highest BCUT2D eigenvalue weighted by molar-refractivity contribution is 5.24. The summed E-state index contributed by atoms with van der Waals surface area (Å²) >= 11 is 0. The van der Waals surface area contributed by atoms with Gasteiger partial charge in [-0.25, -0.2) is 0 Å². The maximum Gasteiger partial charge on any atom is 0.00603 e. The van der Waals surface area contributed by atoms with E-state index >= 15 is 0 Å². The predicted octanol–water partition coefficient (Wildman–Crippen LogP) is 3.33. The Hall–Kier alpha value is -0.780. The Kier molecular flexibility index (Phi) is 2.03. The number of hydrogen-bond acceptors (Lipinski definition) is 0. The van der Waals surface area contributed by atoms with Crippen LogP contribution in [0.1, 0.15) is 20.8 Å². The van der Waals surface area contributed by atoms with Crippen LogP contribution in [0.25, 0.3) is 0 Å². The largest absolute Gasteiger partial charge is 0.0995 e. The first-order valence-electron chi connectivity index (χ1n) is 4.05. The maximum atomic E-state index is 3.99. The van der Waals surface area contributed by atoms with Gasteiger partial charge in [-0.15, -0.1) is 0 Å². The fourth-order valence-electron chi connectivity index (χ4n) is 1.63. The maximum absolute atomic E-state index is 3.99. The summed E-state index contributed by atoms with van der Waals surface area (Å²) in [5.41, 5.74) is 1.50. The van der Waals surface area contributed by atoms with E-state index in [2.05, 4.69) is 51.7 Å². The zero-order valence-corrected chi connectivity index (χ0v) is 7.59. The minimum atomic E-state index is 0.251. The van der Waals surface area contributed by atoms with E-state index in [0.29, 0.717) is 5.92 Å². The van der Waals surface area contributed by atoms with Crippen molar-refractivity contribution < 1.29 is 0 Å². The Morgan fingerprint density at radius 3 is 2.36 bits per heavy atom. The minimum absolute atomic E-state index is 0.251. The summed E-state index contributed by atoms with van der Waals surface area (Å²) in [6, 6.07) is 0. The molecule has 0 amide bonds. The van der Waals surface area contributed by atoms with Gasteiger partial charge in [0.15, 0.2) is 0 Å². The van der Waals surface area contributed by atoms with Crippen molar-refractivity contribution in [2.45, 2.75) is 20.8 Å². The van der Waals surface area contributed by atoms with Crippen molar-refractivity contribution >= 4 is 0 Å². The highest BCUT2D eigenvalue weighted by Crippen LogP contribution is 2.36. The van der Waals surface area contributed by atoms with Crippen LogP contribution in [-0.2, 0) is 0 Å². The molecular formula is C11H16. The Morgan fingerprint density at radius 2 is 2.00 bits per heavy atom. The van der Waals surface area contributed by atoms with Crippen LogP contribution in [0.2, 0.25) is 0 Å². The molecule has 0 aromatic heterocycles. The molecule has 0 radical (unpaired) electrons. The average molecular weight is 148 g/mol. The van der Waals surface area contributed by atoms with Crippen LogP contribution in [0, 0.1) is 11.3 Å². The van der Waals surface area contributed by atoms with E-state index in [1.54, 1.807) is 0 Å². The summed E-state index contributed by atoms with van der Waals surface area (Å²) in [4.78, 5) is 0. The van der Waals surface area contributed by atoms with Gasteiger partial charge in [-0.3, -0.25) is 0 Å². The fourth-order valence-corrected chi connectivity index (χ4v) is 1.63. The van der Waals surface area contributed by atoms with Gasteiger partial charge >= 0.3 is 0 Å². The summed E-state index contributed by atoms with van der Waals surface area (Å²) < 4.78 is 0. The van der Waals surface area contributed by atoms with E-state index in [9.17, 15) is 0 Å². The molecule has 0 aliphatic heterocycles. The molecule has 0 aromatic rings. The molecule has 1 rings (SSSR count). The lowest BCUT2D eigenvalue weighted by atomic mass is 9.73. The van der Waals surface area contributed by atoms with Crippen LogP contribution in [-0.4, -0.2) is 0 Å². The molecule has 11 heavy (non-hydrogen) atoms. The molecule has 0 spiro atoms. The van der Waals surface area contributed by atoms with E-state index in [1.165, 1.54) is 5.57 Å². The molecule has 1 aliphatic carbocycles. The third kappa shape index (κ3) is 1.62. The molecule has 1 atom stereocenters. The molecule has 0 saturated heterocycles. The summed E-state index contributed by atoms with van der Waals surface area (Å²) in [5.74, 6) is 0.507. The Bertz CT molecular complexity index is 216. The predicted molar refractivity (Wildman–Crippen MR) is 50.4 cm³/mol. The normalized spacial score (nSPS) is 27.0. The first-order chi connectivity index (χ1) is 5.04. The first kappa shape index (κ1) is 8.32. The monoisotopic (exact) mass is 148 g/mol. The Labute approximate surface area is 69.3 Å². The topological polar surface area (TPSA) is 0 Å². The van der Waals surface area contributed by atoms with E-state index in [4.69, 9.17) is 0 Å². The third-order valence-electron chi connectivity index (χ3n) is 2.27. The molecule has 0 heterocycles. The lowest BCUT2D eigenvalue weighted by molar-refractivity contribution is 0.382. The molecule has 60 valence electrons. The summed E-state index contributed by atoms with van der Waals surface area (Å²) in [5, 5.41) is 0. The smallest absolute Gasteiger partial charge is 0.00603 e. The summed E-state index contributed by atoms with van der Waals surface area (Å²) in [6.07, 6.45) is 8.68. The second-order valence-electron chi connectivity index (χ2n) is 3.89. The van der Waals surface area contributed by atoms with Crippen molar-refractivity contribution in [1.29, 1.82) is 0 Å². The van der Waals surface area contributed by atoms with Crippen LogP contribution < -0.4 is 0 Å². The van der Waals surface area contributed by atoms with Crippen molar-refractivity contribution in [3.63, 3.8) is 0 Å². The SMILES string of the molecule is C=C(C)C1C=CC=CC1(C)C. The lowest BCUT2D eigenvalue weighted by Crippen LogP contribution is -2.22. The van der Waals surface area contributed by atoms with Gasteiger partial charge in [0.05, 0.1) is 0 Å². The zero-order chi connectivity index (χ0) is 8.48. The average Bonchev–Trinajstić information content (AvgIpc) is 1.85. The van der Waals surface area contributed by atoms with Gasteiger partial charge in [-0.1, -0.05) is 50.3 Å². The van der Waals surface area contributed by atoms with Crippen LogP contribution in [0.4, 0.5) is 0 Å². The molecule has 0 N–H and O–H groups in total. The number of hydrogen-bond donors (Lipinski definition) is 0. The van der Waals surface area contributed by atoms with Crippen molar-refractivity contribution in [3.8, 4) is 0 Å². The highest BCUT2D eigenvalue weighted by Gasteiger charge is 2.26. The van der Waals surface area contributed by atoms with Crippen molar-refractivity contribution in [2.24, 2.45) is 11.3 Å². The van der Waals surface area contributed by atoms with Crippen molar-refractivity contribution in [3.05, 3.63) is 36.5 Å². The van der Waals surface area contributed by atoms with E-state index in [1.807, 2.05) is 0 Å². The number of allylic oxidation sites excluding steroid dienone is 5.